The summed E-state index contributed by atoms with van der Waals surface area (Å²) >= 11 is 0. The Morgan fingerprint density at radius 2 is 1.52 bits per heavy atom. The van der Waals surface area contributed by atoms with Crippen LogP contribution < -0.4 is 0 Å². The Hall–Kier alpha value is -2.97. The van der Waals surface area contributed by atoms with E-state index >= 15 is 0 Å². The van der Waals surface area contributed by atoms with Crippen LogP contribution in [0.3, 0.4) is 0 Å². The van der Waals surface area contributed by atoms with Gasteiger partial charge in [-0.2, -0.15) is 0 Å². The Balaban J connectivity index is 1.29. The monoisotopic (exact) mass is 948 g/mol. The molecule has 1 aliphatic carbocycles. The maximum atomic E-state index is 14.4. The van der Waals surface area contributed by atoms with Crippen molar-refractivity contribution >= 4 is 29.2 Å². The minimum absolute atomic E-state index is 0.00531. The molecule has 1 saturated carbocycles. The highest BCUT2D eigenvalue weighted by atomic mass is 16.6. The van der Waals surface area contributed by atoms with Crippen molar-refractivity contribution in [3.05, 3.63) is 24.3 Å². The standard InChI is InChI=1S/C50H77NO16/c1-26-14-10-11-16-39-48(6,66-39)38(54)24-32-19-17-28(3)50(61,65-32)44(58)46(59)51-21-13-12-15-33(51)47(60)64-36(27(2)22-31-18-20-34(52)37(23-31)62-8)25-35(53)29(4)45-49(7,67-45)43(57)42(63-9)41(56)30(5)40(26)55/h10-11,14,16,26-34,36-40,42-43,45,52,54-55,57,61H,12-13,15,17-25H2,1-9H3/b14-10+,16-11+/t26-,27-,28-,29+,30-,31+,32+,33+,34-,36+,37-,38?,39?,40?,42+,43+,45?,48?,49?,50-/m1/s1. The normalized spacial score (nSPS) is 46.9. The number of ether oxygens (including phenoxy) is 6. The van der Waals surface area contributed by atoms with E-state index in [-0.39, 0.29) is 43.6 Å². The molecule has 6 rings (SSSR count). The number of hydrogen-bond acceptors (Lipinski definition) is 16. The SMILES string of the molecule is CO[C@@H]1C[C@H](C[C@@H](C)[C@@H]2CC(=O)[C@H](C)C3OC3(C)[C@@H](O)[C@@H](OC)C(=O)[C@H](C)C(O)[C@H](C)/C=C/C=C/C3OC3(C)C(O)C[C@@H]3CC[C@@H](C)[C@@](O)(O3)C(=O)C(=O)N3CCCC[C@H]3C(=O)O2)CC[C@H]1O. The van der Waals surface area contributed by atoms with Crippen LogP contribution in [0.5, 0.6) is 0 Å². The van der Waals surface area contributed by atoms with Crippen LogP contribution in [0.1, 0.15) is 119 Å². The van der Waals surface area contributed by atoms with Crippen LogP contribution in [0, 0.1) is 35.5 Å². The van der Waals surface area contributed by atoms with Crippen molar-refractivity contribution in [3.63, 3.8) is 0 Å². The summed E-state index contributed by atoms with van der Waals surface area (Å²) in [5, 5.41) is 56.7. The van der Waals surface area contributed by atoms with Crippen LogP contribution in [0.25, 0.3) is 0 Å². The molecule has 6 unspecified atom stereocenters. The number of aliphatic hydroxyl groups is 5. The molecule has 1 amide bonds. The van der Waals surface area contributed by atoms with Crippen molar-refractivity contribution in [3.8, 4) is 0 Å². The van der Waals surface area contributed by atoms with Crippen LogP contribution in [0.2, 0.25) is 0 Å². The Morgan fingerprint density at radius 1 is 0.821 bits per heavy atom. The first-order valence-corrected chi connectivity index (χ1v) is 24.5. The maximum absolute atomic E-state index is 14.4. The number of Topliss-reactive ketones (excluding diaryl/α,β-unsaturated/α-hetero) is 3. The molecule has 2 bridgehead atoms. The highest BCUT2D eigenvalue weighted by Gasteiger charge is 2.64. The number of carbonyl (C=O) groups is 5. The number of aliphatic hydroxyl groups excluding tert-OH is 4. The average Bonchev–Trinajstić information content (AvgIpc) is 4.21. The number of epoxide rings is 2. The van der Waals surface area contributed by atoms with E-state index < -0.39 is 131 Å². The number of esters is 1. The third-order valence-corrected chi connectivity index (χ3v) is 16.3. The van der Waals surface area contributed by atoms with Crippen LogP contribution in [0.4, 0.5) is 0 Å². The van der Waals surface area contributed by atoms with Gasteiger partial charge in [0.25, 0.3) is 11.7 Å². The van der Waals surface area contributed by atoms with Crippen LogP contribution in [-0.2, 0) is 52.4 Å². The summed E-state index contributed by atoms with van der Waals surface area (Å²) in [5.41, 5.74) is -2.39. The van der Waals surface area contributed by atoms with Crippen molar-refractivity contribution in [2.75, 3.05) is 20.8 Å². The summed E-state index contributed by atoms with van der Waals surface area (Å²) in [7, 11) is 2.83. The molecule has 0 aromatic heterocycles. The fourth-order valence-corrected chi connectivity index (χ4v) is 11.1. The van der Waals surface area contributed by atoms with Gasteiger partial charge in [-0.3, -0.25) is 19.2 Å². The van der Waals surface area contributed by atoms with Gasteiger partial charge in [0.2, 0.25) is 5.79 Å². The molecule has 0 aromatic carbocycles. The van der Waals surface area contributed by atoms with E-state index in [9.17, 15) is 49.5 Å². The van der Waals surface area contributed by atoms with Crippen LogP contribution >= 0.6 is 0 Å². The molecule has 4 saturated heterocycles. The number of piperidine rings is 1. The van der Waals surface area contributed by atoms with Crippen LogP contribution in [0.15, 0.2) is 24.3 Å². The molecule has 5 fully saturated rings. The molecular formula is C50H77NO16. The Kier molecular flexibility index (Phi) is 17.2. The zero-order valence-corrected chi connectivity index (χ0v) is 40.8. The van der Waals surface area contributed by atoms with E-state index in [1.165, 1.54) is 7.11 Å². The van der Waals surface area contributed by atoms with E-state index in [1.54, 1.807) is 73.0 Å². The number of ketones is 3. The number of nitrogens with zero attached hydrogens (tertiary/aromatic N) is 1. The van der Waals surface area contributed by atoms with Gasteiger partial charge in [-0.15, -0.1) is 0 Å². The van der Waals surface area contributed by atoms with E-state index in [0.717, 1.165) is 4.90 Å². The van der Waals surface area contributed by atoms with Crippen molar-refractivity contribution in [1.29, 1.82) is 0 Å². The molecule has 67 heavy (non-hydrogen) atoms. The van der Waals surface area contributed by atoms with Gasteiger partial charge in [0.05, 0.1) is 36.6 Å². The fraction of sp³-hybridized carbons (Fsp3) is 0.820. The van der Waals surface area contributed by atoms with Crippen LogP contribution in [-0.4, -0.2) is 164 Å². The first-order valence-electron chi connectivity index (χ1n) is 24.5. The molecule has 5 heterocycles. The molecule has 20 atom stereocenters. The Bertz CT molecular complexity index is 1860. The lowest BCUT2D eigenvalue weighted by Gasteiger charge is -2.42. The quantitative estimate of drug-likeness (QED) is 0.151. The lowest BCUT2D eigenvalue weighted by Crippen LogP contribution is -2.61. The maximum Gasteiger partial charge on any atom is 0.329 e. The number of amides is 1. The first-order chi connectivity index (χ1) is 31.5. The van der Waals surface area contributed by atoms with Crippen molar-refractivity contribution in [1.82, 2.24) is 4.90 Å². The van der Waals surface area contributed by atoms with E-state index in [1.807, 2.05) is 6.92 Å². The largest absolute Gasteiger partial charge is 0.460 e. The van der Waals surface area contributed by atoms with Gasteiger partial charge in [-0.05, 0) is 83.5 Å². The number of methoxy groups -OCH3 is 2. The van der Waals surface area contributed by atoms with E-state index in [2.05, 4.69) is 0 Å². The highest BCUT2D eigenvalue weighted by molar-refractivity contribution is 6.39. The van der Waals surface area contributed by atoms with Gasteiger partial charge in [0.15, 0.2) is 5.78 Å². The zero-order valence-electron chi connectivity index (χ0n) is 40.8. The number of allylic oxidation sites excluding steroid dienone is 2. The van der Waals surface area contributed by atoms with Gasteiger partial charge in [-0.25, -0.2) is 4.79 Å². The number of carbonyl (C=O) groups excluding carboxylic acids is 5. The van der Waals surface area contributed by atoms with Gasteiger partial charge in [-0.1, -0.05) is 58.9 Å². The van der Waals surface area contributed by atoms with Gasteiger partial charge in [0.1, 0.15) is 47.4 Å². The molecule has 5 N–H and O–H groups in total. The number of hydrogen-bond donors (Lipinski definition) is 5. The molecule has 5 aliphatic heterocycles. The smallest absolute Gasteiger partial charge is 0.329 e. The van der Waals surface area contributed by atoms with Gasteiger partial charge in [0, 0.05) is 57.3 Å². The summed E-state index contributed by atoms with van der Waals surface area (Å²) in [6, 6.07) is -1.20. The minimum Gasteiger partial charge on any atom is -0.460 e. The Morgan fingerprint density at radius 3 is 2.21 bits per heavy atom. The first kappa shape index (κ1) is 53.4. The van der Waals surface area contributed by atoms with Crippen molar-refractivity contribution in [2.24, 2.45) is 35.5 Å². The lowest BCUT2D eigenvalue weighted by atomic mass is 9.78. The number of fused-ring (bicyclic) bond motifs is 5. The molecule has 17 heteroatoms. The fourth-order valence-electron chi connectivity index (χ4n) is 11.1. The second-order valence-corrected chi connectivity index (χ2v) is 21.0. The topological polar surface area (TPSA) is 252 Å². The number of cyclic esters (lactones) is 1. The lowest BCUT2D eigenvalue weighted by molar-refractivity contribution is -0.266. The minimum atomic E-state index is -2.53. The molecule has 0 aromatic rings. The molecule has 378 valence electrons. The summed E-state index contributed by atoms with van der Waals surface area (Å²) in [6.07, 6.45) is 1.53. The molecule has 17 nitrogen and oxygen atoms in total. The third kappa shape index (κ3) is 11.3. The molecule has 0 radical (unpaired) electrons. The zero-order chi connectivity index (χ0) is 49.3. The van der Waals surface area contributed by atoms with Gasteiger partial charge >= 0.3 is 5.97 Å². The average molecular weight is 948 g/mol. The summed E-state index contributed by atoms with van der Waals surface area (Å²) in [6.45, 7) is 11.8. The molecular weight excluding hydrogens is 871 g/mol. The van der Waals surface area contributed by atoms with Gasteiger partial charge < -0.3 is 58.9 Å². The second-order valence-electron chi connectivity index (χ2n) is 21.0. The predicted octanol–water partition coefficient (Wildman–Crippen LogP) is 2.92. The summed E-state index contributed by atoms with van der Waals surface area (Å²) in [5.74, 6) is -9.96. The second kappa shape index (κ2) is 21.6. The predicted molar refractivity (Wildman–Crippen MR) is 241 cm³/mol. The van der Waals surface area contributed by atoms with Crippen molar-refractivity contribution < 1.29 is 77.9 Å². The highest BCUT2D eigenvalue weighted by Crippen LogP contribution is 2.47. The Labute approximate surface area is 394 Å². The third-order valence-electron chi connectivity index (χ3n) is 16.3. The van der Waals surface area contributed by atoms with E-state index in [0.29, 0.717) is 51.4 Å². The number of rotatable bonds is 5. The van der Waals surface area contributed by atoms with Crippen molar-refractivity contribution in [2.45, 2.75) is 203 Å². The molecule has 0 spiro atoms. The summed E-state index contributed by atoms with van der Waals surface area (Å²) in [4.78, 5) is 72.1. The summed E-state index contributed by atoms with van der Waals surface area (Å²) < 4.78 is 35.3. The molecule has 6 aliphatic rings. The van der Waals surface area contributed by atoms with E-state index in [4.69, 9.17) is 28.4 Å².